The van der Waals surface area contributed by atoms with E-state index >= 15 is 0 Å². The number of ether oxygens (including phenoxy) is 1. The number of rotatable bonds is 4. The highest BCUT2D eigenvalue weighted by molar-refractivity contribution is 5.79. The van der Waals surface area contributed by atoms with E-state index in [9.17, 15) is 4.79 Å². The molecule has 1 saturated carbocycles. The predicted octanol–water partition coefficient (Wildman–Crippen LogP) is 2.29. The van der Waals surface area contributed by atoms with Gasteiger partial charge in [0.25, 0.3) is 0 Å². The minimum absolute atomic E-state index is 0.109. The number of fused-ring (bicyclic) bond motifs is 1. The minimum Gasteiger partial charge on any atom is -0.371 e. The van der Waals surface area contributed by atoms with Crippen LogP contribution >= 0.6 is 0 Å². The van der Waals surface area contributed by atoms with Crippen molar-refractivity contribution in [1.29, 1.82) is 0 Å². The molecule has 3 heterocycles. The second-order valence-electron chi connectivity index (χ2n) is 8.47. The Morgan fingerprint density at radius 1 is 1.37 bits per heavy atom. The molecule has 2 aromatic rings. The number of pyridine rings is 1. The Morgan fingerprint density at radius 2 is 2.15 bits per heavy atom. The second-order valence-corrected chi connectivity index (χ2v) is 8.47. The molecule has 1 unspecified atom stereocenters. The Morgan fingerprint density at radius 3 is 2.85 bits per heavy atom. The molecule has 1 aliphatic carbocycles. The highest BCUT2D eigenvalue weighted by Gasteiger charge is 2.44. The zero-order chi connectivity index (χ0) is 19.0. The molecule has 0 bridgehead atoms. The third-order valence-electron chi connectivity index (χ3n) is 5.95. The van der Waals surface area contributed by atoms with Crippen molar-refractivity contribution in [3.05, 3.63) is 35.8 Å². The average Bonchev–Trinajstić information content (AvgIpc) is 3.24. The zero-order valence-electron chi connectivity index (χ0n) is 16.6. The molecule has 27 heavy (non-hydrogen) atoms. The Hall–Kier alpha value is -1.92. The lowest BCUT2D eigenvalue weighted by Gasteiger charge is -2.46. The number of hydrogen-bond donors (Lipinski definition) is 0. The van der Waals surface area contributed by atoms with Crippen LogP contribution < -0.4 is 0 Å². The normalized spacial score (nSPS) is 22.2. The predicted molar refractivity (Wildman–Crippen MR) is 105 cm³/mol. The number of aryl methyl sites for hydroxylation is 1. The van der Waals surface area contributed by atoms with Gasteiger partial charge < -0.3 is 18.9 Å². The van der Waals surface area contributed by atoms with Gasteiger partial charge in [0.15, 0.2) is 0 Å². The van der Waals surface area contributed by atoms with Gasteiger partial charge in [-0.25, -0.2) is 4.98 Å². The fourth-order valence-corrected chi connectivity index (χ4v) is 4.58. The molecule has 0 radical (unpaired) electrons. The number of carbonyl (C=O) groups is 1. The van der Waals surface area contributed by atoms with Gasteiger partial charge in [-0.1, -0.05) is 18.9 Å². The number of imidazole rings is 1. The first-order chi connectivity index (χ1) is 13.0. The monoisotopic (exact) mass is 370 g/mol. The molecule has 0 N–H and O–H groups in total. The van der Waals surface area contributed by atoms with Crippen LogP contribution in [-0.2, 0) is 16.0 Å². The SMILES string of the molecule is Cc1cccn2cc(CC(=O)N3CC4(CCCC4)OCC3CN(C)C)nc12. The number of nitrogens with zero attached hydrogens (tertiary/aromatic N) is 4. The van der Waals surface area contributed by atoms with Gasteiger partial charge in [0, 0.05) is 18.9 Å². The molecule has 1 atom stereocenters. The van der Waals surface area contributed by atoms with E-state index in [1.54, 1.807) is 0 Å². The molecule has 6 heteroatoms. The third kappa shape index (κ3) is 3.73. The van der Waals surface area contributed by atoms with E-state index in [0.717, 1.165) is 42.8 Å². The first-order valence-corrected chi connectivity index (χ1v) is 9.97. The Kier molecular flexibility index (Phi) is 4.95. The van der Waals surface area contributed by atoms with Crippen molar-refractivity contribution in [2.75, 3.05) is 33.8 Å². The van der Waals surface area contributed by atoms with Crippen LogP contribution in [0, 0.1) is 6.92 Å². The quantitative estimate of drug-likeness (QED) is 0.829. The summed E-state index contributed by atoms with van der Waals surface area (Å²) in [5.74, 6) is 0.164. The second kappa shape index (κ2) is 7.24. The van der Waals surface area contributed by atoms with Gasteiger partial charge >= 0.3 is 0 Å². The summed E-state index contributed by atoms with van der Waals surface area (Å²) >= 11 is 0. The molecule has 1 spiro atoms. The van der Waals surface area contributed by atoms with Gasteiger partial charge in [0.2, 0.25) is 5.91 Å². The smallest absolute Gasteiger partial charge is 0.229 e. The van der Waals surface area contributed by atoms with Gasteiger partial charge in [0.1, 0.15) is 5.65 Å². The van der Waals surface area contributed by atoms with Crippen molar-refractivity contribution >= 4 is 11.6 Å². The lowest BCUT2D eigenvalue weighted by atomic mass is 9.97. The minimum atomic E-state index is -0.117. The van der Waals surface area contributed by atoms with E-state index < -0.39 is 0 Å². The third-order valence-corrected chi connectivity index (χ3v) is 5.95. The summed E-state index contributed by atoms with van der Waals surface area (Å²) in [6.45, 7) is 4.23. The van der Waals surface area contributed by atoms with E-state index in [1.165, 1.54) is 12.8 Å². The van der Waals surface area contributed by atoms with Crippen LogP contribution in [0.25, 0.3) is 5.65 Å². The van der Waals surface area contributed by atoms with Crippen LogP contribution in [0.4, 0.5) is 0 Å². The topological polar surface area (TPSA) is 50.1 Å². The van der Waals surface area contributed by atoms with E-state index in [0.29, 0.717) is 13.0 Å². The largest absolute Gasteiger partial charge is 0.371 e. The van der Waals surface area contributed by atoms with Crippen LogP contribution in [0.5, 0.6) is 0 Å². The van der Waals surface area contributed by atoms with Crippen molar-refractivity contribution in [2.24, 2.45) is 0 Å². The molecule has 1 aliphatic heterocycles. The van der Waals surface area contributed by atoms with E-state index in [1.807, 2.05) is 49.9 Å². The maximum Gasteiger partial charge on any atom is 0.229 e. The van der Waals surface area contributed by atoms with Crippen LogP contribution in [0.3, 0.4) is 0 Å². The lowest BCUT2D eigenvalue weighted by molar-refractivity contribution is -0.161. The van der Waals surface area contributed by atoms with Crippen molar-refractivity contribution in [3.63, 3.8) is 0 Å². The van der Waals surface area contributed by atoms with Crippen molar-refractivity contribution in [2.45, 2.75) is 50.7 Å². The van der Waals surface area contributed by atoms with Crippen molar-refractivity contribution < 1.29 is 9.53 Å². The Bertz CT molecular complexity index is 823. The van der Waals surface area contributed by atoms with Gasteiger partial charge in [-0.15, -0.1) is 0 Å². The summed E-state index contributed by atoms with van der Waals surface area (Å²) in [5, 5.41) is 0. The lowest BCUT2D eigenvalue weighted by Crippen LogP contribution is -2.60. The number of amides is 1. The standard InChI is InChI=1S/C21H30N4O2/c1-16-7-6-10-24-12-17(22-20(16)24)11-19(26)25-15-21(8-4-5-9-21)27-14-18(25)13-23(2)3/h6-7,10,12,18H,4-5,8-9,11,13-15H2,1-3H3. The number of morpholine rings is 1. The highest BCUT2D eigenvalue weighted by Crippen LogP contribution is 2.37. The van der Waals surface area contributed by atoms with Crippen LogP contribution in [0.1, 0.15) is 36.9 Å². The van der Waals surface area contributed by atoms with Crippen LogP contribution in [-0.4, -0.2) is 70.5 Å². The molecule has 2 aromatic heterocycles. The number of aromatic nitrogens is 2. The zero-order valence-corrected chi connectivity index (χ0v) is 16.6. The molecule has 146 valence electrons. The van der Waals surface area contributed by atoms with Crippen molar-refractivity contribution in [1.82, 2.24) is 19.2 Å². The number of carbonyl (C=O) groups excluding carboxylic acids is 1. The van der Waals surface area contributed by atoms with Gasteiger partial charge in [-0.2, -0.15) is 0 Å². The summed E-state index contributed by atoms with van der Waals surface area (Å²) < 4.78 is 8.30. The van der Waals surface area contributed by atoms with Gasteiger partial charge in [0.05, 0.1) is 36.9 Å². The Balaban J connectivity index is 1.54. The van der Waals surface area contributed by atoms with Crippen LogP contribution in [0.2, 0.25) is 0 Å². The van der Waals surface area contributed by atoms with Crippen LogP contribution in [0.15, 0.2) is 24.5 Å². The van der Waals surface area contributed by atoms with Gasteiger partial charge in [-0.3, -0.25) is 4.79 Å². The maximum atomic E-state index is 13.3. The van der Waals surface area contributed by atoms with E-state index in [-0.39, 0.29) is 17.6 Å². The number of likely N-dealkylation sites (N-methyl/N-ethyl adjacent to an activating group) is 1. The Labute approximate surface area is 161 Å². The summed E-state index contributed by atoms with van der Waals surface area (Å²) in [5.41, 5.74) is 2.77. The molecule has 4 rings (SSSR count). The molecular weight excluding hydrogens is 340 g/mol. The summed E-state index contributed by atoms with van der Waals surface area (Å²) in [6, 6.07) is 4.17. The number of hydrogen-bond acceptors (Lipinski definition) is 4. The molecule has 1 saturated heterocycles. The molecule has 1 amide bonds. The maximum absolute atomic E-state index is 13.3. The fraction of sp³-hybridized carbons (Fsp3) is 0.619. The fourth-order valence-electron chi connectivity index (χ4n) is 4.58. The highest BCUT2D eigenvalue weighted by atomic mass is 16.5. The first kappa shape index (κ1) is 18.4. The van der Waals surface area contributed by atoms with E-state index in [4.69, 9.17) is 9.72 Å². The molecule has 2 fully saturated rings. The molecule has 6 nitrogen and oxygen atoms in total. The molecular formula is C21H30N4O2. The summed E-state index contributed by atoms with van der Waals surface area (Å²) in [6.07, 6.45) is 8.85. The van der Waals surface area contributed by atoms with Crippen molar-refractivity contribution in [3.8, 4) is 0 Å². The molecule has 2 aliphatic rings. The van der Waals surface area contributed by atoms with Gasteiger partial charge in [-0.05, 0) is 45.5 Å². The molecule has 0 aromatic carbocycles. The summed E-state index contributed by atoms with van der Waals surface area (Å²) in [7, 11) is 4.10. The average molecular weight is 370 g/mol. The summed E-state index contributed by atoms with van der Waals surface area (Å²) in [4.78, 5) is 22.2. The van der Waals surface area contributed by atoms with E-state index in [2.05, 4.69) is 9.80 Å². The first-order valence-electron chi connectivity index (χ1n) is 9.97.